The molecule has 0 aromatic heterocycles. The minimum atomic E-state index is -1.06. The fraction of sp³-hybridized carbons (Fsp3) is 0.235. The Morgan fingerprint density at radius 1 is 1.26 bits per heavy atom. The number of aliphatic hydroxyl groups excluding tert-OH is 1. The van der Waals surface area contributed by atoms with Gasteiger partial charge in [0.15, 0.2) is 0 Å². The van der Waals surface area contributed by atoms with Gasteiger partial charge in [-0.25, -0.2) is 4.39 Å². The Kier molecular flexibility index (Phi) is 5.71. The lowest BCUT2D eigenvalue weighted by Gasteiger charge is -2.25. The number of halogens is 2. The highest BCUT2D eigenvalue weighted by molar-refractivity contribution is 6.31. The van der Waals surface area contributed by atoms with E-state index in [9.17, 15) is 14.3 Å². The van der Waals surface area contributed by atoms with Crippen LogP contribution in [0.1, 0.15) is 22.7 Å². The smallest absolute Gasteiger partial charge is 0.325 e. The zero-order chi connectivity index (χ0) is 17.0. The lowest BCUT2D eigenvalue weighted by Crippen LogP contribution is -2.30. The third-order valence-corrected chi connectivity index (χ3v) is 3.98. The molecule has 0 spiro atoms. The molecule has 6 heteroatoms. The Hall–Kier alpha value is -1.95. The SMILES string of the molecule is CN(Cc1ccccc1Cl)C(C(=O)O)c1ccc(F)c(CO)c1. The van der Waals surface area contributed by atoms with Crippen LogP contribution in [-0.4, -0.2) is 28.1 Å². The molecule has 0 radical (unpaired) electrons. The first-order valence-corrected chi connectivity index (χ1v) is 7.37. The average Bonchev–Trinajstić information content (AvgIpc) is 2.51. The molecule has 0 saturated heterocycles. The fourth-order valence-corrected chi connectivity index (χ4v) is 2.65. The Morgan fingerprint density at radius 3 is 2.57 bits per heavy atom. The standard InChI is InChI=1S/C17H17ClFNO3/c1-20(9-12-4-2-3-5-14(12)18)16(17(22)23)11-6-7-15(19)13(8-11)10-21/h2-8,16,21H,9-10H2,1H3,(H,22,23). The van der Waals surface area contributed by atoms with Gasteiger partial charge < -0.3 is 10.2 Å². The van der Waals surface area contributed by atoms with Crippen molar-refractivity contribution in [1.82, 2.24) is 4.90 Å². The van der Waals surface area contributed by atoms with E-state index in [1.54, 1.807) is 24.1 Å². The van der Waals surface area contributed by atoms with Gasteiger partial charge in [-0.2, -0.15) is 0 Å². The predicted octanol–water partition coefficient (Wildman–Crippen LogP) is 3.23. The Balaban J connectivity index is 2.31. The van der Waals surface area contributed by atoms with Crippen molar-refractivity contribution in [2.24, 2.45) is 0 Å². The molecule has 2 rings (SSSR count). The van der Waals surface area contributed by atoms with Crippen molar-refractivity contribution in [2.45, 2.75) is 19.2 Å². The molecular formula is C17H17ClFNO3. The van der Waals surface area contributed by atoms with Gasteiger partial charge in [0.05, 0.1) is 6.61 Å². The Labute approximate surface area is 138 Å². The van der Waals surface area contributed by atoms with Gasteiger partial charge in [-0.1, -0.05) is 35.9 Å². The van der Waals surface area contributed by atoms with Gasteiger partial charge in [0.2, 0.25) is 0 Å². The second kappa shape index (κ2) is 7.55. The molecule has 0 aliphatic heterocycles. The molecule has 2 N–H and O–H groups in total. The summed E-state index contributed by atoms with van der Waals surface area (Å²) in [4.78, 5) is 13.3. The van der Waals surface area contributed by atoms with Crippen molar-refractivity contribution in [2.75, 3.05) is 7.05 Å². The van der Waals surface area contributed by atoms with Crippen LogP contribution in [0.3, 0.4) is 0 Å². The zero-order valence-corrected chi connectivity index (χ0v) is 13.3. The van der Waals surface area contributed by atoms with Crippen LogP contribution < -0.4 is 0 Å². The van der Waals surface area contributed by atoms with Gasteiger partial charge in [-0.05, 0) is 36.4 Å². The molecular weight excluding hydrogens is 321 g/mol. The van der Waals surface area contributed by atoms with Crippen LogP contribution in [0.25, 0.3) is 0 Å². The summed E-state index contributed by atoms with van der Waals surface area (Å²) in [5, 5.41) is 19.3. The monoisotopic (exact) mass is 337 g/mol. The number of carbonyl (C=O) groups is 1. The summed E-state index contributed by atoms with van der Waals surface area (Å²) in [7, 11) is 1.66. The molecule has 1 atom stereocenters. The van der Waals surface area contributed by atoms with Crippen molar-refractivity contribution in [3.05, 3.63) is 70.0 Å². The zero-order valence-electron chi connectivity index (χ0n) is 12.5. The number of benzene rings is 2. The van der Waals surface area contributed by atoms with Crippen LogP contribution >= 0.6 is 11.6 Å². The van der Waals surface area contributed by atoms with E-state index in [4.69, 9.17) is 16.7 Å². The fourth-order valence-electron chi connectivity index (χ4n) is 2.46. The summed E-state index contributed by atoms with van der Waals surface area (Å²) < 4.78 is 13.5. The molecule has 0 aliphatic carbocycles. The first-order valence-electron chi connectivity index (χ1n) is 6.99. The first kappa shape index (κ1) is 17.4. The highest BCUT2D eigenvalue weighted by atomic mass is 35.5. The number of rotatable bonds is 6. The van der Waals surface area contributed by atoms with Gasteiger partial charge in [-0.3, -0.25) is 9.69 Å². The van der Waals surface area contributed by atoms with E-state index in [2.05, 4.69) is 0 Å². The van der Waals surface area contributed by atoms with E-state index < -0.39 is 24.4 Å². The molecule has 23 heavy (non-hydrogen) atoms. The minimum Gasteiger partial charge on any atom is -0.480 e. The predicted molar refractivity (Wildman–Crippen MR) is 85.6 cm³/mol. The van der Waals surface area contributed by atoms with E-state index >= 15 is 0 Å². The molecule has 0 heterocycles. The second-order valence-corrected chi connectivity index (χ2v) is 5.66. The summed E-state index contributed by atoms with van der Waals surface area (Å²) in [5.74, 6) is -1.62. The largest absolute Gasteiger partial charge is 0.480 e. The third-order valence-electron chi connectivity index (χ3n) is 3.61. The summed E-state index contributed by atoms with van der Waals surface area (Å²) in [6.45, 7) is -0.164. The molecule has 0 amide bonds. The number of carboxylic acid groups (broad SMARTS) is 1. The van der Waals surface area contributed by atoms with E-state index in [0.29, 0.717) is 17.1 Å². The maximum atomic E-state index is 13.5. The number of aliphatic hydroxyl groups is 1. The summed E-state index contributed by atoms with van der Waals surface area (Å²) in [6.07, 6.45) is 0. The minimum absolute atomic E-state index is 0.0693. The number of aliphatic carboxylic acids is 1. The van der Waals surface area contributed by atoms with Crippen molar-refractivity contribution in [3.63, 3.8) is 0 Å². The van der Waals surface area contributed by atoms with E-state index in [1.807, 2.05) is 12.1 Å². The lowest BCUT2D eigenvalue weighted by molar-refractivity contribution is -0.143. The van der Waals surface area contributed by atoms with Crippen LogP contribution in [0, 0.1) is 5.82 Å². The molecule has 122 valence electrons. The van der Waals surface area contributed by atoms with Crippen molar-refractivity contribution in [1.29, 1.82) is 0 Å². The number of nitrogens with zero attached hydrogens (tertiary/aromatic N) is 1. The van der Waals surface area contributed by atoms with Crippen LogP contribution in [0.2, 0.25) is 5.02 Å². The molecule has 0 saturated carbocycles. The van der Waals surface area contributed by atoms with Crippen LogP contribution in [-0.2, 0) is 17.9 Å². The van der Waals surface area contributed by atoms with Crippen LogP contribution in [0.4, 0.5) is 4.39 Å². The molecule has 2 aromatic rings. The summed E-state index contributed by atoms with van der Waals surface area (Å²) in [5.41, 5.74) is 1.27. The molecule has 4 nitrogen and oxygen atoms in total. The van der Waals surface area contributed by atoms with Gasteiger partial charge in [-0.15, -0.1) is 0 Å². The second-order valence-electron chi connectivity index (χ2n) is 5.26. The van der Waals surface area contributed by atoms with Crippen molar-refractivity contribution < 1.29 is 19.4 Å². The van der Waals surface area contributed by atoms with E-state index in [0.717, 1.165) is 5.56 Å². The van der Waals surface area contributed by atoms with E-state index in [-0.39, 0.29) is 5.56 Å². The lowest BCUT2D eigenvalue weighted by atomic mass is 10.0. The molecule has 2 aromatic carbocycles. The summed E-state index contributed by atoms with van der Waals surface area (Å²) >= 11 is 6.11. The van der Waals surface area contributed by atoms with Gasteiger partial charge >= 0.3 is 5.97 Å². The average molecular weight is 338 g/mol. The van der Waals surface area contributed by atoms with Crippen molar-refractivity contribution in [3.8, 4) is 0 Å². The highest BCUT2D eigenvalue weighted by Gasteiger charge is 2.26. The molecule has 1 unspecified atom stereocenters. The topological polar surface area (TPSA) is 60.8 Å². The number of carboxylic acids is 1. The normalized spacial score (nSPS) is 12.4. The highest BCUT2D eigenvalue weighted by Crippen LogP contribution is 2.26. The maximum absolute atomic E-state index is 13.5. The molecule has 0 bridgehead atoms. The number of hydrogen-bond donors (Lipinski definition) is 2. The molecule has 0 fully saturated rings. The number of hydrogen-bond acceptors (Lipinski definition) is 3. The van der Waals surface area contributed by atoms with E-state index in [1.165, 1.54) is 18.2 Å². The van der Waals surface area contributed by atoms with Gasteiger partial charge in [0.1, 0.15) is 11.9 Å². The van der Waals surface area contributed by atoms with Crippen LogP contribution in [0.15, 0.2) is 42.5 Å². The Bertz CT molecular complexity index is 708. The number of likely N-dealkylation sites (N-methyl/N-ethyl adjacent to an activating group) is 1. The quantitative estimate of drug-likeness (QED) is 0.849. The first-order chi connectivity index (χ1) is 10.9. The van der Waals surface area contributed by atoms with Gasteiger partial charge in [0.25, 0.3) is 0 Å². The van der Waals surface area contributed by atoms with Gasteiger partial charge in [0, 0.05) is 17.1 Å². The Morgan fingerprint density at radius 2 is 1.96 bits per heavy atom. The third kappa shape index (κ3) is 4.07. The van der Waals surface area contributed by atoms with Crippen LogP contribution in [0.5, 0.6) is 0 Å². The van der Waals surface area contributed by atoms with Crippen molar-refractivity contribution >= 4 is 17.6 Å². The molecule has 0 aliphatic rings. The summed E-state index contributed by atoms with van der Waals surface area (Å²) in [6, 6.07) is 10.2. The maximum Gasteiger partial charge on any atom is 0.325 e.